The Balaban J connectivity index is 1.75. The van der Waals surface area contributed by atoms with E-state index in [4.69, 9.17) is 0 Å². The first-order chi connectivity index (χ1) is 10.6. The van der Waals surface area contributed by atoms with Crippen LogP contribution in [-0.4, -0.2) is 44.8 Å². The van der Waals surface area contributed by atoms with E-state index >= 15 is 0 Å². The minimum atomic E-state index is 0.0300. The fourth-order valence-electron chi connectivity index (χ4n) is 2.71. The Morgan fingerprint density at radius 1 is 1.27 bits per heavy atom. The van der Waals surface area contributed by atoms with Crippen molar-refractivity contribution >= 4 is 17.4 Å². The molecule has 2 aromatic heterocycles. The van der Waals surface area contributed by atoms with Gasteiger partial charge >= 0.3 is 0 Å². The molecule has 1 N–H and O–H groups in total. The van der Waals surface area contributed by atoms with Crippen LogP contribution in [0.25, 0.3) is 5.65 Å². The Kier molecular flexibility index (Phi) is 4.22. The van der Waals surface area contributed by atoms with Gasteiger partial charge in [0.05, 0.1) is 0 Å². The van der Waals surface area contributed by atoms with Crippen molar-refractivity contribution in [2.45, 2.75) is 45.6 Å². The predicted molar refractivity (Wildman–Crippen MR) is 83.8 cm³/mol. The van der Waals surface area contributed by atoms with E-state index in [0.29, 0.717) is 12.8 Å². The summed E-state index contributed by atoms with van der Waals surface area (Å²) in [5.41, 5.74) is 0.724. The molecule has 118 valence electrons. The van der Waals surface area contributed by atoms with E-state index in [-0.39, 0.29) is 11.9 Å². The first-order valence-corrected chi connectivity index (χ1v) is 7.89. The van der Waals surface area contributed by atoms with Crippen LogP contribution in [0.1, 0.15) is 38.9 Å². The lowest BCUT2D eigenvalue weighted by Gasteiger charge is -2.15. The SMILES string of the molecule is CC(C)NC(=O)CCc1nnc2ccc(N3CCCC3)nn12. The molecular weight excluding hydrogens is 280 g/mol. The Hall–Kier alpha value is -2.18. The summed E-state index contributed by atoms with van der Waals surface area (Å²) >= 11 is 0. The van der Waals surface area contributed by atoms with Gasteiger partial charge in [0.25, 0.3) is 0 Å². The van der Waals surface area contributed by atoms with Gasteiger partial charge in [0.1, 0.15) is 5.82 Å². The molecular formula is C15H22N6O. The van der Waals surface area contributed by atoms with Crippen LogP contribution in [0.2, 0.25) is 0 Å². The van der Waals surface area contributed by atoms with E-state index in [1.54, 1.807) is 4.52 Å². The van der Waals surface area contributed by atoms with Crippen LogP contribution in [0.4, 0.5) is 5.82 Å². The molecule has 0 unspecified atom stereocenters. The summed E-state index contributed by atoms with van der Waals surface area (Å²) in [6, 6.07) is 4.08. The van der Waals surface area contributed by atoms with Crippen molar-refractivity contribution in [2.24, 2.45) is 0 Å². The zero-order valence-corrected chi connectivity index (χ0v) is 13.1. The van der Waals surface area contributed by atoms with Crippen molar-refractivity contribution in [1.29, 1.82) is 0 Å². The number of aromatic nitrogens is 4. The number of carbonyl (C=O) groups excluding carboxylic acids is 1. The van der Waals surface area contributed by atoms with E-state index in [1.165, 1.54) is 12.8 Å². The Bertz CT molecular complexity index is 659. The molecule has 0 aromatic carbocycles. The quantitative estimate of drug-likeness (QED) is 0.897. The highest BCUT2D eigenvalue weighted by Crippen LogP contribution is 2.18. The van der Waals surface area contributed by atoms with E-state index < -0.39 is 0 Å². The third kappa shape index (κ3) is 3.18. The average molecular weight is 302 g/mol. The van der Waals surface area contributed by atoms with Gasteiger partial charge in [0.15, 0.2) is 11.5 Å². The third-order valence-electron chi connectivity index (χ3n) is 3.77. The number of rotatable bonds is 5. The number of anilines is 1. The van der Waals surface area contributed by atoms with Gasteiger partial charge in [0.2, 0.25) is 5.91 Å². The lowest BCUT2D eigenvalue weighted by molar-refractivity contribution is -0.121. The number of hydrogen-bond donors (Lipinski definition) is 1. The normalized spacial score (nSPS) is 15.0. The Labute approximate surface area is 129 Å². The number of nitrogens with zero attached hydrogens (tertiary/aromatic N) is 5. The average Bonchev–Trinajstić information content (AvgIpc) is 3.13. The van der Waals surface area contributed by atoms with Crippen LogP contribution in [0.3, 0.4) is 0 Å². The molecule has 0 saturated carbocycles. The highest BCUT2D eigenvalue weighted by molar-refractivity contribution is 5.76. The van der Waals surface area contributed by atoms with Crippen molar-refractivity contribution in [3.63, 3.8) is 0 Å². The van der Waals surface area contributed by atoms with Crippen LogP contribution in [-0.2, 0) is 11.2 Å². The van der Waals surface area contributed by atoms with Crippen LogP contribution in [0.5, 0.6) is 0 Å². The van der Waals surface area contributed by atoms with Crippen molar-refractivity contribution in [3.8, 4) is 0 Å². The molecule has 2 aromatic rings. The molecule has 0 spiro atoms. The standard InChI is InChI=1S/C15H22N6O/c1-11(2)16-15(22)8-7-13-18-17-12-5-6-14(19-21(12)13)20-9-3-4-10-20/h5-6,11H,3-4,7-10H2,1-2H3,(H,16,22). The Morgan fingerprint density at radius 2 is 2.05 bits per heavy atom. The number of carbonyl (C=O) groups is 1. The molecule has 1 amide bonds. The van der Waals surface area contributed by atoms with Gasteiger partial charge < -0.3 is 10.2 Å². The van der Waals surface area contributed by atoms with Gasteiger partial charge in [-0.3, -0.25) is 4.79 Å². The van der Waals surface area contributed by atoms with Gasteiger partial charge in [0, 0.05) is 32.0 Å². The molecule has 22 heavy (non-hydrogen) atoms. The van der Waals surface area contributed by atoms with Gasteiger partial charge in [-0.25, -0.2) is 0 Å². The molecule has 3 rings (SSSR count). The number of aryl methyl sites for hydroxylation is 1. The smallest absolute Gasteiger partial charge is 0.220 e. The minimum absolute atomic E-state index is 0.0300. The van der Waals surface area contributed by atoms with Crippen molar-refractivity contribution in [2.75, 3.05) is 18.0 Å². The maximum absolute atomic E-state index is 11.8. The molecule has 1 aliphatic rings. The monoisotopic (exact) mass is 302 g/mol. The summed E-state index contributed by atoms with van der Waals surface area (Å²) in [5, 5.41) is 15.8. The predicted octanol–water partition coefficient (Wildman–Crippen LogP) is 1.18. The van der Waals surface area contributed by atoms with E-state index in [9.17, 15) is 4.79 Å². The van der Waals surface area contributed by atoms with Crippen LogP contribution in [0, 0.1) is 0 Å². The lowest BCUT2D eigenvalue weighted by Crippen LogP contribution is -2.30. The van der Waals surface area contributed by atoms with Gasteiger partial charge in [-0.15, -0.1) is 15.3 Å². The first kappa shape index (κ1) is 14.7. The van der Waals surface area contributed by atoms with E-state index in [1.807, 2.05) is 26.0 Å². The molecule has 1 aliphatic heterocycles. The third-order valence-corrected chi connectivity index (χ3v) is 3.77. The molecule has 0 bridgehead atoms. The molecule has 7 heteroatoms. The zero-order chi connectivity index (χ0) is 15.5. The summed E-state index contributed by atoms with van der Waals surface area (Å²) in [7, 11) is 0. The first-order valence-electron chi connectivity index (χ1n) is 7.89. The van der Waals surface area contributed by atoms with Gasteiger partial charge in [-0.05, 0) is 38.8 Å². The molecule has 0 radical (unpaired) electrons. The number of fused-ring (bicyclic) bond motifs is 1. The summed E-state index contributed by atoms with van der Waals surface area (Å²) in [6.07, 6.45) is 3.36. The fourth-order valence-corrected chi connectivity index (χ4v) is 2.71. The Morgan fingerprint density at radius 3 is 2.77 bits per heavy atom. The summed E-state index contributed by atoms with van der Waals surface area (Å²) < 4.78 is 1.76. The molecule has 1 fully saturated rings. The highest BCUT2D eigenvalue weighted by atomic mass is 16.1. The van der Waals surface area contributed by atoms with Crippen LogP contribution < -0.4 is 10.2 Å². The van der Waals surface area contributed by atoms with Crippen molar-refractivity contribution in [1.82, 2.24) is 25.1 Å². The molecule has 3 heterocycles. The lowest BCUT2D eigenvalue weighted by atomic mass is 10.2. The van der Waals surface area contributed by atoms with Crippen LogP contribution >= 0.6 is 0 Å². The molecule has 1 saturated heterocycles. The summed E-state index contributed by atoms with van der Waals surface area (Å²) in [4.78, 5) is 14.0. The van der Waals surface area contributed by atoms with Gasteiger partial charge in [-0.1, -0.05) is 0 Å². The number of nitrogens with one attached hydrogen (secondary N) is 1. The highest BCUT2D eigenvalue weighted by Gasteiger charge is 2.16. The second-order valence-electron chi connectivity index (χ2n) is 5.99. The molecule has 0 aliphatic carbocycles. The van der Waals surface area contributed by atoms with Crippen molar-refractivity contribution in [3.05, 3.63) is 18.0 Å². The molecule has 7 nitrogen and oxygen atoms in total. The minimum Gasteiger partial charge on any atom is -0.355 e. The maximum Gasteiger partial charge on any atom is 0.220 e. The summed E-state index contributed by atoms with van der Waals surface area (Å²) in [5.74, 6) is 1.72. The van der Waals surface area contributed by atoms with Gasteiger partial charge in [-0.2, -0.15) is 4.52 Å². The topological polar surface area (TPSA) is 75.4 Å². The second kappa shape index (κ2) is 6.29. The number of hydrogen-bond acceptors (Lipinski definition) is 5. The second-order valence-corrected chi connectivity index (χ2v) is 5.99. The summed E-state index contributed by atoms with van der Waals surface area (Å²) in [6.45, 7) is 6.00. The largest absolute Gasteiger partial charge is 0.355 e. The molecule has 0 atom stereocenters. The maximum atomic E-state index is 11.8. The van der Waals surface area contributed by atoms with E-state index in [0.717, 1.165) is 30.4 Å². The number of amides is 1. The van der Waals surface area contributed by atoms with E-state index in [2.05, 4.69) is 25.5 Å². The fraction of sp³-hybridized carbons (Fsp3) is 0.600. The zero-order valence-electron chi connectivity index (χ0n) is 13.1. The van der Waals surface area contributed by atoms with Crippen molar-refractivity contribution < 1.29 is 4.79 Å². The van der Waals surface area contributed by atoms with Crippen LogP contribution in [0.15, 0.2) is 12.1 Å².